The Bertz CT molecular complexity index is 130. The third kappa shape index (κ3) is 2.29. The number of ketones is 1. The molecule has 0 aromatic carbocycles. The summed E-state index contributed by atoms with van der Waals surface area (Å²) in [5, 5.41) is 3.46. The number of hydrogen-bond donors (Lipinski definition) is 1. The molecule has 1 saturated heterocycles. The Morgan fingerprint density at radius 1 is 1.27 bits per heavy atom. The molecule has 0 aromatic rings. The highest BCUT2D eigenvalue weighted by atomic mass is 16.1. The zero-order valence-electron chi connectivity index (χ0n) is 7.39. The smallest absolute Gasteiger partial charge is 0.136 e. The maximum Gasteiger partial charge on any atom is 0.136 e. The molecule has 64 valence electrons. The van der Waals surface area contributed by atoms with E-state index in [0.29, 0.717) is 17.9 Å². The van der Waals surface area contributed by atoms with Crippen molar-refractivity contribution in [3.05, 3.63) is 0 Å². The minimum absolute atomic E-state index is 0.433. The van der Waals surface area contributed by atoms with Gasteiger partial charge >= 0.3 is 0 Å². The van der Waals surface area contributed by atoms with Crippen LogP contribution in [0.2, 0.25) is 0 Å². The Morgan fingerprint density at radius 3 is 2.09 bits per heavy atom. The largest absolute Gasteiger partial charge is 0.310 e. The molecule has 0 bridgehead atoms. The molecule has 0 radical (unpaired) electrons. The van der Waals surface area contributed by atoms with Gasteiger partial charge in [0.05, 0.1) is 0 Å². The van der Waals surface area contributed by atoms with Gasteiger partial charge < -0.3 is 5.32 Å². The maximum absolute atomic E-state index is 11.2. The van der Waals surface area contributed by atoms with Crippen LogP contribution in [-0.4, -0.2) is 17.9 Å². The summed E-state index contributed by atoms with van der Waals surface area (Å²) in [6.45, 7) is 4.26. The fraction of sp³-hybridized carbons (Fsp3) is 0.889. The average molecular weight is 155 g/mol. The summed E-state index contributed by atoms with van der Waals surface area (Å²) < 4.78 is 0. The summed E-state index contributed by atoms with van der Waals surface area (Å²) in [5.74, 6) is 0.433. The zero-order valence-corrected chi connectivity index (χ0v) is 7.39. The molecule has 1 aliphatic heterocycles. The summed E-state index contributed by atoms with van der Waals surface area (Å²) in [6.07, 6.45) is 3.63. The van der Waals surface area contributed by atoms with E-state index in [1.165, 1.54) is 0 Å². The van der Waals surface area contributed by atoms with Crippen LogP contribution >= 0.6 is 0 Å². The lowest BCUT2D eigenvalue weighted by molar-refractivity contribution is -0.121. The van der Waals surface area contributed by atoms with E-state index in [4.69, 9.17) is 0 Å². The van der Waals surface area contributed by atoms with Crippen LogP contribution < -0.4 is 5.32 Å². The normalized spacial score (nSPS) is 32.4. The van der Waals surface area contributed by atoms with E-state index in [9.17, 15) is 4.79 Å². The lowest BCUT2D eigenvalue weighted by atomic mass is 9.94. The molecule has 0 amide bonds. The minimum atomic E-state index is 0.433. The van der Waals surface area contributed by atoms with Crippen LogP contribution in [0.25, 0.3) is 0 Å². The maximum atomic E-state index is 11.2. The van der Waals surface area contributed by atoms with Crippen LogP contribution in [0.15, 0.2) is 0 Å². The van der Waals surface area contributed by atoms with Gasteiger partial charge in [-0.2, -0.15) is 0 Å². The molecule has 1 N–H and O–H groups in total. The lowest BCUT2D eigenvalue weighted by Crippen LogP contribution is -2.45. The second kappa shape index (κ2) is 3.86. The van der Waals surface area contributed by atoms with E-state index >= 15 is 0 Å². The standard InChI is InChI=1S/C9H17NO/c1-3-7-5-9(11)6-8(4-2)10-7/h7-8,10H,3-6H2,1-2H3/t7-,8+. The highest BCUT2D eigenvalue weighted by Crippen LogP contribution is 2.13. The van der Waals surface area contributed by atoms with Gasteiger partial charge in [0.2, 0.25) is 0 Å². The van der Waals surface area contributed by atoms with Gasteiger partial charge in [0.1, 0.15) is 5.78 Å². The molecule has 2 heteroatoms. The first-order chi connectivity index (χ1) is 5.26. The Kier molecular flexibility index (Phi) is 3.06. The number of carbonyl (C=O) groups excluding carboxylic acids is 1. The van der Waals surface area contributed by atoms with Crippen molar-refractivity contribution in [3.8, 4) is 0 Å². The summed E-state index contributed by atoms with van der Waals surface area (Å²) in [7, 11) is 0. The van der Waals surface area contributed by atoms with Crippen molar-refractivity contribution in [2.75, 3.05) is 0 Å². The first-order valence-corrected chi connectivity index (χ1v) is 4.54. The minimum Gasteiger partial charge on any atom is -0.310 e. The summed E-state index contributed by atoms with van der Waals surface area (Å²) in [6, 6.07) is 0.891. The third-order valence-electron chi connectivity index (χ3n) is 2.41. The topological polar surface area (TPSA) is 29.1 Å². The Labute approximate surface area is 68.4 Å². The Hall–Kier alpha value is -0.370. The summed E-state index contributed by atoms with van der Waals surface area (Å²) in [5.41, 5.74) is 0. The molecule has 1 fully saturated rings. The van der Waals surface area contributed by atoms with Crippen molar-refractivity contribution < 1.29 is 4.79 Å². The quantitative estimate of drug-likeness (QED) is 0.654. The van der Waals surface area contributed by atoms with Gasteiger partial charge in [0.15, 0.2) is 0 Å². The molecule has 2 atom stereocenters. The van der Waals surface area contributed by atoms with E-state index < -0.39 is 0 Å². The first-order valence-electron chi connectivity index (χ1n) is 4.54. The number of hydrogen-bond acceptors (Lipinski definition) is 2. The molecule has 1 heterocycles. The van der Waals surface area contributed by atoms with E-state index in [1.807, 2.05) is 0 Å². The number of carbonyl (C=O) groups is 1. The predicted octanol–water partition coefficient (Wildman–Crippen LogP) is 1.50. The van der Waals surface area contributed by atoms with Crippen molar-refractivity contribution in [3.63, 3.8) is 0 Å². The van der Waals surface area contributed by atoms with Crippen molar-refractivity contribution >= 4 is 5.78 Å². The van der Waals surface area contributed by atoms with Crippen molar-refractivity contribution in [2.24, 2.45) is 0 Å². The molecule has 2 nitrogen and oxygen atoms in total. The van der Waals surface area contributed by atoms with Gasteiger partial charge in [-0.1, -0.05) is 13.8 Å². The van der Waals surface area contributed by atoms with Crippen molar-refractivity contribution in [1.82, 2.24) is 5.32 Å². The number of Topliss-reactive ketones (excluding diaryl/α,β-unsaturated/α-hetero) is 1. The van der Waals surface area contributed by atoms with Crippen molar-refractivity contribution in [2.45, 2.75) is 51.6 Å². The summed E-state index contributed by atoms with van der Waals surface area (Å²) in [4.78, 5) is 11.2. The van der Waals surface area contributed by atoms with Crippen LogP contribution in [0.5, 0.6) is 0 Å². The van der Waals surface area contributed by atoms with Gasteiger partial charge in [-0.15, -0.1) is 0 Å². The molecular weight excluding hydrogens is 138 g/mol. The number of rotatable bonds is 2. The van der Waals surface area contributed by atoms with Gasteiger partial charge in [0.25, 0.3) is 0 Å². The molecule has 0 unspecified atom stereocenters. The molecule has 11 heavy (non-hydrogen) atoms. The van der Waals surface area contributed by atoms with Gasteiger partial charge in [-0.3, -0.25) is 4.79 Å². The van der Waals surface area contributed by atoms with E-state index in [2.05, 4.69) is 19.2 Å². The van der Waals surface area contributed by atoms with E-state index in [-0.39, 0.29) is 0 Å². The molecule has 0 aromatic heterocycles. The second-order valence-electron chi connectivity index (χ2n) is 3.32. The first kappa shape index (κ1) is 8.72. The highest BCUT2D eigenvalue weighted by Gasteiger charge is 2.23. The Balaban J connectivity index is 2.43. The zero-order chi connectivity index (χ0) is 8.27. The number of piperidine rings is 1. The van der Waals surface area contributed by atoms with E-state index in [1.54, 1.807) is 0 Å². The predicted molar refractivity (Wildman–Crippen MR) is 45.5 cm³/mol. The lowest BCUT2D eigenvalue weighted by Gasteiger charge is -2.28. The highest BCUT2D eigenvalue weighted by molar-refractivity contribution is 5.80. The molecular formula is C9H17NO. The Morgan fingerprint density at radius 2 is 1.73 bits per heavy atom. The second-order valence-corrected chi connectivity index (χ2v) is 3.32. The third-order valence-corrected chi connectivity index (χ3v) is 2.41. The van der Waals surface area contributed by atoms with Crippen LogP contribution in [0.4, 0.5) is 0 Å². The monoisotopic (exact) mass is 155 g/mol. The van der Waals surface area contributed by atoms with Gasteiger partial charge in [0, 0.05) is 24.9 Å². The van der Waals surface area contributed by atoms with Crippen LogP contribution in [0, 0.1) is 0 Å². The van der Waals surface area contributed by atoms with Crippen LogP contribution in [0.1, 0.15) is 39.5 Å². The molecule has 0 aliphatic carbocycles. The summed E-state index contributed by atoms with van der Waals surface area (Å²) >= 11 is 0. The SMILES string of the molecule is CC[C@@H]1CC(=O)C[C@H](CC)N1. The average Bonchev–Trinajstić information content (AvgIpc) is 2.03. The van der Waals surface area contributed by atoms with E-state index in [0.717, 1.165) is 25.7 Å². The molecule has 0 spiro atoms. The fourth-order valence-electron chi connectivity index (χ4n) is 1.61. The number of nitrogens with one attached hydrogen (secondary N) is 1. The molecule has 0 saturated carbocycles. The van der Waals surface area contributed by atoms with Crippen LogP contribution in [0.3, 0.4) is 0 Å². The van der Waals surface area contributed by atoms with Crippen molar-refractivity contribution in [1.29, 1.82) is 0 Å². The van der Waals surface area contributed by atoms with Gasteiger partial charge in [-0.05, 0) is 12.8 Å². The molecule has 1 rings (SSSR count). The molecule has 1 aliphatic rings. The van der Waals surface area contributed by atoms with Crippen LogP contribution in [-0.2, 0) is 4.79 Å². The van der Waals surface area contributed by atoms with Gasteiger partial charge in [-0.25, -0.2) is 0 Å². The fourth-order valence-corrected chi connectivity index (χ4v) is 1.61.